The van der Waals surface area contributed by atoms with Crippen LogP contribution in [0.3, 0.4) is 0 Å². The molecule has 1 aliphatic rings. The first-order valence-electron chi connectivity index (χ1n) is 6.59. The highest BCUT2D eigenvalue weighted by Crippen LogP contribution is 2.27. The van der Waals surface area contributed by atoms with Crippen LogP contribution in [0, 0.1) is 0 Å². The van der Waals surface area contributed by atoms with Crippen LogP contribution in [0.1, 0.15) is 29.9 Å². The van der Waals surface area contributed by atoms with Crippen molar-refractivity contribution < 1.29 is 9.90 Å². The van der Waals surface area contributed by atoms with E-state index < -0.39 is 6.09 Å². The van der Waals surface area contributed by atoms with Crippen LogP contribution in [-0.4, -0.2) is 42.6 Å². The molecule has 110 valence electrons. The zero-order chi connectivity index (χ0) is 15.0. The lowest BCUT2D eigenvalue weighted by atomic mass is 10.1. The molecular weight excluding hydrogens is 338 g/mol. The molecule has 1 aliphatic heterocycles. The number of hydrogen-bond acceptors (Lipinski definition) is 4. The molecule has 0 radical (unpaired) electrons. The summed E-state index contributed by atoms with van der Waals surface area (Å²) in [6, 6.07) is 3.86. The highest BCUT2D eigenvalue weighted by atomic mass is 79.9. The standard InChI is InChI=1S/C13H14BrN5O2/c1-8(9-3-2-5-15-12(9)14)19-11-4-6-18(13(20)21)7-10(11)16-17-19/h2-3,5,8H,4,6-7H2,1H3,(H,20,21). The molecule has 2 aromatic heterocycles. The molecule has 1 N–H and O–H groups in total. The van der Waals surface area contributed by atoms with Gasteiger partial charge in [0.2, 0.25) is 0 Å². The minimum Gasteiger partial charge on any atom is -0.465 e. The van der Waals surface area contributed by atoms with Crippen molar-refractivity contribution in [3.8, 4) is 0 Å². The molecule has 21 heavy (non-hydrogen) atoms. The van der Waals surface area contributed by atoms with Crippen LogP contribution in [0.5, 0.6) is 0 Å². The summed E-state index contributed by atoms with van der Waals surface area (Å²) in [6.07, 6.45) is 1.43. The van der Waals surface area contributed by atoms with Crippen molar-refractivity contribution in [1.29, 1.82) is 0 Å². The predicted molar refractivity (Wildman–Crippen MR) is 77.9 cm³/mol. The number of halogens is 1. The first kappa shape index (κ1) is 14.0. The van der Waals surface area contributed by atoms with Gasteiger partial charge in [-0.3, -0.25) is 0 Å². The maximum atomic E-state index is 11.0. The van der Waals surface area contributed by atoms with E-state index in [0.29, 0.717) is 19.5 Å². The van der Waals surface area contributed by atoms with Gasteiger partial charge in [0.25, 0.3) is 0 Å². The van der Waals surface area contributed by atoms with Crippen LogP contribution in [0.2, 0.25) is 0 Å². The molecule has 0 bridgehead atoms. The molecule has 0 spiro atoms. The molecule has 0 saturated heterocycles. The summed E-state index contributed by atoms with van der Waals surface area (Å²) < 4.78 is 2.64. The number of fused-ring (bicyclic) bond motifs is 1. The van der Waals surface area contributed by atoms with Crippen LogP contribution < -0.4 is 0 Å². The Morgan fingerprint density at radius 2 is 2.33 bits per heavy atom. The second-order valence-corrected chi connectivity index (χ2v) is 5.69. The summed E-state index contributed by atoms with van der Waals surface area (Å²) in [6.45, 7) is 2.79. The van der Waals surface area contributed by atoms with E-state index in [1.54, 1.807) is 6.20 Å². The Bertz CT molecular complexity index is 687. The number of aromatic nitrogens is 4. The number of pyridine rings is 1. The average Bonchev–Trinajstić information content (AvgIpc) is 2.90. The number of hydrogen-bond donors (Lipinski definition) is 1. The Labute approximate surface area is 129 Å². The molecule has 0 aliphatic carbocycles. The average molecular weight is 352 g/mol. The SMILES string of the molecule is CC(c1cccnc1Br)n1nnc2c1CCN(C(=O)O)C2. The molecule has 7 nitrogen and oxygen atoms in total. The van der Waals surface area contributed by atoms with E-state index in [2.05, 4.69) is 31.2 Å². The second-order valence-electron chi connectivity index (χ2n) is 4.94. The Kier molecular flexibility index (Phi) is 3.62. The van der Waals surface area contributed by atoms with Crippen molar-refractivity contribution in [3.05, 3.63) is 39.9 Å². The first-order chi connectivity index (χ1) is 10.1. The molecule has 1 unspecified atom stereocenters. The fourth-order valence-electron chi connectivity index (χ4n) is 2.54. The molecule has 0 fully saturated rings. The van der Waals surface area contributed by atoms with E-state index in [9.17, 15) is 4.79 Å². The van der Waals surface area contributed by atoms with Crippen LogP contribution in [0.25, 0.3) is 0 Å². The van der Waals surface area contributed by atoms with Gasteiger partial charge in [-0.1, -0.05) is 11.3 Å². The molecular formula is C13H14BrN5O2. The van der Waals surface area contributed by atoms with Gasteiger partial charge in [0, 0.05) is 24.7 Å². The number of amides is 1. The van der Waals surface area contributed by atoms with Crippen molar-refractivity contribution >= 4 is 22.0 Å². The number of nitrogens with zero attached hydrogens (tertiary/aromatic N) is 5. The second kappa shape index (κ2) is 5.44. The van der Waals surface area contributed by atoms with Crippen LogP contribution in [0.4, 0.5) is 4.79 Å². The molecule has 1 atom stereocenters. The zero-order valence-corrected chi connectivity index (χ0v) is 13.0. The summed E-state index contributed by atoms with van der Waals surface area (Å²) in [5.74, 6) is 0. The lowest BCUT2D eigenvalue weighted by molar-refractivity contribution is 0.138. The van der Waals surface area contributed by atoms with Gasteiger partial charge in [-0.15, -0.1) is 5.10 Å². The molecule has 2 aromatic rings. The predicted octanol–water partition coefficient (Wildman–Crippen LogP) is 2.08. The molecule has 3 rings (SSSR count). The van der Waals surface area contributed by atoms with Crippen molar-refractivity contribution in [2.75, 3.05) is 6.54 Å². The largest absolute Gasteiger partial charge is 0.465 e. The zero-order valence-electron chi connectivity index (χ0n) is 11.4. The number of rotatable bonds is 2. The Balaban J connectivity index is 1.92. The summed E-state index contributed by atoms with van der Waals surface area (Å²) in [5, 5.41) is 17.4. The fourth-order valence-corrected chi connectivity index (χ4v) is 3.13. The van der Waals surface area contributed by atoms with Crippen LogP contribution in [-0.2, 0) is 13.0 Å². The highest BCUT2D eigenvalue weighted by Gasteiger charge is 2.27. The van der Waals surface area contributed by atoms with E-state index in [4.69, 9.17) is 5.11 Å². The molecule has 0 aromatic carbocycles. The van der Waals surface area contributed by atoms with Crippen LogP contribution >= 0.6 is 15.9 Å². The summed E-state index contributed by atoms with van der Waals surface area (Å²) >= 11 is 3.45. The lowest BCUT2D eigenvalue weighted by Gasteiger charge is -2.24. The van der Waals surface area contributed by atoms with Gasteiger partial charge in [-0.2, -0.15) is 0 Å². The van der Waals surface area contributed by atoms with E-state index in [0.717, 1.165) is 21.6 Å². The molecule has 1 amide bonds. The van der Waals surface area contributed by atoms with Crippen molar-refractivity contribution in [1.82, 2.24) is 24.9 Å². The molecule has 8 heteroatoms. The van der Waals surface area contributed by atoms with Gasteiger partial charge >= 0.3 is 6.09 Å². The van der Waals surface area contributed by atoms with Crippen molar-refractivity contribution in [2.24, 2.45) is 0 Å². The van der Waals surface area contributed by atoms with Gasteiger partial charge in [0.15, 0.2) is 0 Å². The highest BCUT2D eigenvalue weighted by molar-refractivity contribution is 9.10. The van der Waals surface area contributed by atoms with Crippen molar-refractivity contribution in [2.45, 2.75) is 25.9 Å². The minimum atomic E-state index is -0.918. The molecule has 0 saturated carbocycles. The van der Waals surface area contributed by atoms with Gasteiger partial charge in [0.05, 0.1) is 18.3 Å². The van der Waals surface area contributed by atoms with E-state index in [1.807, 2.05) is 23.7 Å². The van der Waals surface area contributed by atoms with E-state index >= 15 is 0 Å². The number of carboxylic acid groups (broad SMARTS) is 1. The third-order valence-electron chi connectivity index (χ3n) is 3.71. The Morgan fingerprint density at radius 3 is 3.05 bits per heavy atom. The minimum absolute atomic E-state index is 0.0132. The summed E-state index contributed by atoms with van der Waals surface area (Å²) in [5.41, 5.74) is 2.75. The third-order valence-corrected chi connectivity index (χ3v) is 4.37. The Hall–Kier alpha value is -1.96. The maximum absolute atomic E-state index is 11.0. The van der Waals surface area contributed by atoms with E-state index in [-0.39, 0.29) is 6.04 Å². The quantitative estimate of drug-likeness (QED) is 0.837. The third kappa shape index (κ3) is 2.51. The normalized spacial score (nSPS) is 15.6. The summed E-state index contributed by atoms with van der Waals surface area (Å²) in [7, 11) is 0. The maximum Gasteiger partial charge on any atom is 0.407 e. The fraction of sp³-hybridized carbons (Fsp3) is 0.385. The lowest BCUT2D eigenvalue weighted by Crippen LogP contribution is -2.35. The van der Waals surface area contributed by atoms with Crippen LogP contribution in [0.15, 0.2) is 22.9 Å². The first-order valence-corrected chi connectivity index (χ1v) is 7.38. The smallest absolute Gasteiger partial charge is 0.407 e. The number of carbonyl (C=O) groups is 1. The topological polar surface area (TPSA) is 84.1 Å². The molecule has 3 heterocycles. The van der Waals surface area contributed by atoms with Crippen molar-refractivity contribution in [3.63, 3.8) is 0 Å². The van der Waals surface area contributed by atoms with Gasteiger partial charge < -0.3 is 10.0 Å². The van der Waals surface area contributed by atoms with Gasteiger partial charge in [-0.25, -0.2) is 14.5 Å². The van der Waals surface area contributed by atoms with Gasteiger partial charge in [0.1, 0.15) is 10.3 Å². The summed E-state index contributed by atoms with van der Waals surface area (Å²) in [4.78, 5) is 16.6. The Morgan fingerprint density at radius 1 is 1.52 bits per heavy atom. The van der Waals surface area contributed by atoms with E-state index in [1.165, 1.54) is 4.90 Å². The van der Waals surface area contributed by atoms with Gasteiger partial charge in [-0.05, 0) is 28.9 Å². The monoisotopic (exact) mass is 351 g/mol.